The number of aryl methyl sites for hydroxylation is 1. The van der Waals surface area contributed by atoms with E-state index in [2.05, 4.69) is 22.5 Å². The SMILES string of the molecule is Cn1cc(C2CS(=O)(=O)CCN2C(=O)NC2CC2c2ccccc2)cn1. The van der Waals surface area contributed by atoms with E-state index in [0.29, 0.717) is 5.92 Å². The summed E-state index contributed by atoms with van der Waals surface area (Å²) in [6.07, 6.45) is 4.32. The highest BCUT2D eigenvalue weighted by atomic mass is 32.2. The van der Waals surface area contributed by atoms with Gasteiger partial charge in [0.15, 0.2) is 9.84 Å². The Morgan fingerprint density at radius 3 is 2.69 bits per heavy atom. The van der Waals surface area contributed by atoms with Gasteiger partial charge in [-0.3, -0.25) is 4.68 Å². The fourth-order valence-corrected chi connectivity index (χ4v) is 5.10. The Bertz CT molecular complexity index is 910. The summed E-state index contributed by atoms with van der Waals surface area (Å²) in [5, 5.41) is 7.19. The van der Waals surface area contributed by atoms with Crippen LogP contribution in [0.25, 0.3) is 0 Å². The van der Waals surface area contributed by atoms with Crippen molar-refractivity contribution in [1.29, 1.82) is 0 Å². The van der Waals surface area contributed by atoms with Crippen LogP contribution in [0.3, 0.4) is 0 Å². The number of hydrogen-bond donors (Lipinski definition) is 1. The van der Waals surface area contributed by atoms with Crippen LogP contribution in [0.1, 0.15) is 29.5 Å². The fraction of sp³-hybridized carbons (Fsp3) is 0.444. The third-order valence-corrected chi connectivity index (χ3v) is 6.76. The summed E-state index contributed by atoms with van der Waals surface area (Å²) in [6, 6.07) is 9.55. The molecule has 1 aliphatic heterocycles. The predicted molar refractivity (Wildman–Crippen MR) is 97.4 cm³/mol. The molecule has 2 heterocycles. The second-order valence-corrected chi connectivity index (χ2v) is 9.31. The molecule has 1 saturated carbocycles. The van der Waals surface area contributed by atoms with E-state index in [-0.39, 0.29) is 30.1 Å². The Morgan fingerprint density at radius 2 is 2.00 bits per heavy atom. The third kappa shape index (κ3) is 3.46. The minimum atomic E-state index is -3.16. The van der Waals surface area contributed by atoms with Crippen LogP contribution in [0.2, 0.25) is 0 Å². The molecule has 2 aromatic rings. The minimum absolute atomic E-state index is 0.00393. The molecule has 1 aliphatic carbocycles. The molecule has 138 valence electrons. The normalized spacial score (nSPS) is 27.1. The molecule has 2 aliphatic rings. The molecule has 4 rings (SSSR count). The van der Waals surface area contributed by atoms with Gasteiger partial charge in [-0.25, -0.2) is 13.2 Å². The van der Waals surface area contributed by atoms with Crippen LogP contribution >= 0.6 is 0 Å². The highest BCUT2D eigenvalue weighted by Gasteiger charge is 2.42. The molecule has 2 amide bonds. The molecule has 1 saturated heterocycles. The third-order valence-electron chi connectivity index (χ3n) is 5.13. The van der Waals surface area contributed by atoms with Crippen molar-refractivity contribution in [2.45, 2.75) is 24.4 Å². The lowest BCUT2D eigenvalue weighted by atomic mass is 10.1. The largest absolute Gasteiger partial charge is 0.335 e. The van der Waals surface area contributed by atoms with E-state index in [1.54, 1.807) is 29.0 Å². The number of urea groups is 1. The van der Waals surface area contributed by atoms with Gasteiger partial charge in [0.25, 0.3) is 0 Å². The van der Waals surface area contributed by atoms with Crippen LogP contribution in [0.15, 0.2) is 42.7 Å². The van der Waals surface area contributed by atoms with E-state index in [1.165, 1.54) is 5.56 Å². The summed E-state index contributed by atoms with van der Waals surface area (Å²) in [5.41, 5.74) is 1.98. The van der Waals surface area contributed by atoms with E-state index >= 15 is 0 Å². The maximum absolute atomic E-state index is 12.8. The molecule has 3 unspecified atom stereocenters. The quantitative estimate of drug-likeness (QED) is 0.881. The van der Waals surface area contributed by atoms with Gasteiger partial charge < -0.3 is 10.2 Å². The van der Waals surface area contributed by atoms with Crippen LogP contribution < -0.4 is 5.32 Å². The average molecular weight is 374 g/mol. The van der Waals surface area contributed by atoms with Gasteiger partial charge in [0.2, 0.25) is 0 Å². The Labute approximate surface area is 152 Å². The molecule has 1 aromatic heterocycles. The number of aromatic nitrogens is 2. The number of amides is 2. The van der Waals surface area contributed by atoms with Crippen molar-refractivity contribution < 1.29 is 13.2 Å². The lowest BCUT2D eigenvalue weighted by Gasteiger charge is -2.35. The molecule has 26 heavy (non-hydrogen) atoms. The maximum Gasteiger partial charge on any atom is 0.318 e. The molecule has 0 bridgehead atoms. The molecule has 3 atom stereocenters. The van der Waals surface area contributed by atoms with Gasteiger partial charge in [-0.2, -0.15) is 5.10 Å². The van der Waals surface area contributed by atoms with Gasteiger partial charge in [-0.15, -0.1) is 0 Å². The molecule has 0 radical (unpaired) electrons. The fourth-order valence-electron chi connectivity index (χ4n) is 3.60. The van der Waals surface area contributed by atoms with Crippen molar-refractivity contribution >= 4 is 15.9 Å². The number of hydrogen-bond acceptors (Lipinski definition) is 4. The molecule has 7 nitrogen and oxygen atoms in total. The van der Waals surface area contributed by atoms with Gasteiger partial charge >= 0.3 is 6.03 Å². The van der Waals surface area contributed by atoms with E-state index in [4.69, 9.17) is 0 Å². The van der Waals surface area contributed by atoms with Gasteiger partial charge in [-0.05, 0) is 12.0 Å². The van der Waals surface area contributed by atoms with E-state index in [0.717, 1.165) is 12.0 Å². The number of sulfone groups is 1. The summed E-state index contributed by atoms with van der Waals surface area (Å²) in [6.45, 7) is 0.205. The van der Waals surface area contributed by atoms with Crippen LogP contribution in [-0.2, 0) is 16.9 Å². The maximum atomic E-state index is 12.8. The van der Waals surface area contributed by atoms with Crippen LogP contribution in [0.5, 0.6) is 0 Å². The average Bonchev–Trinajstić information content (AvgIpc) is 3.24. The van der Waals surface area contributed by atoms with Crippen LogP contribution in [0.4, 0.5) is 4.79 Å². The number of nitrogens with zero attached hydrogens (tertiary/aromatic N) is 3. The van der Waals surface area contributed by atoms with E-state index in [1.807, 2.05) is 18.2 Å². The molecular formula is C18H22N4O3S. The number of rotatable bonds is 3. The highest BCUT2D eigenvalue weighted by Crippen LogP contribution is 2.41. The number of carbonyl (C=O) groups excluding carboxylic acids is 1. The zero-order valence-corrected chi connectivity index (χ0v) is 15.4. The van der Waals surface area contributed by atoms with Gasteiger partial charge in [0, 0.05) is 37.3 Å². The Balaban J connectivity index is 1.47. The second-order valence-electron chi connectivity index (χ2n) is 7.08. The zero-order valence-electron chi connectivity index (χ0n) is 14.6. The standard InChI is InChI=1S/C18H22N4O3S/c1-21-11-14(10-19-21)17-12-26(24,25)8-7-22(17)18(23)20-16-9-15(16)13-5-3-2-4-6-13/h2-6,10-11,15-17H,7-9,12H2,1H3,(H,20,23). The second kappa shape index (κ2) is 6.42. The predicted octanol–water partition coefficient (Wildman–Crippen LogP) is 1.46. The summed E-state index contributed by atoms with van der Waals surface area (Å²) >= 11 is 0. The minimum Gasteiger partial charge on any atom is -0.335 e. The summed E-state index contributed by atoms with van der Waals surface area (Å²) < 4.78 is 25.8. The smallest absolute Gasteiger partial charge is 0.318 e. The lowest BCUT2D eigenvalue weighted by molar-refractivity contribution is 0.180. The summed E-state index contributed by atoms with van der Waals surface area (Å²) in [4.78, 5) is 14.5. The lowest BCUT2D eigenvalue weighted by Crippen LogP contribution is -2.50. The first-order valence-corrected chi connectivity index (χ1v) is 10.6. The zero-order chi connectivity index (χ0) is 18.3. The monoisotopic (exact) mass is 374 g/mol. The first-order chi connectivity index (χ1) is 12.4. The van der Waals surface area contributed by atoms with Crippen molar-refractivity contribution in [3.05, 3.63) is 53.9 Å². The van der Waals surface area contributed by atoms with Gasteiger partial charge in [0.1, 0.15) is 0 Å². The molecule has 1 N–H and O–H groups in total. The van der Waals surface area contributed by atoms with Crippen LogP contribution in [0, 0.1) is 0 Å². The summed E-state index contributed by atoms with van der Waals surface area (Å²) in [7, 11) is -1.38. The first kappa shape index (κ1) is 17.1. The Morgan fingerprint density at radius 1 is 1.23 bits per heavy atom. The van der Waals surface area contributed by atoms with Crippen molar-refractivity contribution in [2.24, 2.45) is 7.05 Å². The van der Waals surface area contributed by atoms with E-state index < -0.39 is 15.9 Å². The number of carbonyl (C=O) groups is 1. The van der Waals surface area contributed by atoms with Gasteiger partial charge in [-0.1, -0.05) is 30.3 Å². The van der Waals surface area contributed by atoms with E-state index in [9.17, 15) is 13.2 Å². The van der Waals surface area contributed by atoms with Crippen molar-refractivity contribution in [3.8, 4) is 0 Å². The number of benzene rings is 1. The van der Waals surface area contributed by atoms with Gasteiger partial charge in [0.05, 0.1) is 23.7 Å². The van der Waals surface area contributed by atoms with Crippen molar-refractivity contribution in [2.75, 3.05) is 18.1 Å². The highest BCUT2D eigenvalue weighted by molar-refractivity contribution is 7.91. The Kier molecular flexibility index (Phi) is 4.22. The first-order valence-electron chi connectivity index (χ1n) is 8.74. The molecular weight excluding hydrogens is 352 g/mol. The summed E-state index contributed by atoms with van der Waals surface area (Å²) in [5.74, 6) is 0.286. The molecule has 8 heteroatoms. The van der Waals surface area contributed by atoms with Crippen molar-refractivity contribution in [3.63, 3.8) is 0 Å². The number of nitrogens with one attached hydrogen (secondary N) is 1. The molecule has 0 spiro atoms. The Hall–Kier alpha value is -2.35. The molecule has 1 aromatic carbocycles. The topological polar surface area (TPSA) is 84.3 Å². The van der Waals surface area contributed by atoms with Crippen molar-refractivity contribution in [1.82, 2.24) is 20.0 Å². The molecule has 2 fully saturated rings. The van der Waals surface area contributed by atoms with Crippen LogP contribution in [-0.4, -0.2) is 53.2 Å².